The van der Waals surface area contributed by atoms with Crippen molar-refractivity contribution in [2.45, 2.75) is 13.5 Å². The molecule has 2 aromatic rings. The van der Waals surface area contributed by atoms with E-state index in [1.807, 2.05) is 13.0 Å². The van der Waals surface area contributed by atoms with Crippen LogP contribution in [-0.4, -0.2) is 42.7 Å². The molecule has 0 heterocycles. The Kier molecular flexibility index (Phi) is 7.94. The van der Waals surface area contributed by atoms with Gasteiger partial charge in [0.1, 0.15) is 11.5 Å². The monoisotopic (exact) mass is 409 g/mol. The Morgan fingerprint density at radius 2 is 1.82 bits per heavy atom. The van der Waals surface area contributed by atoms with Crippen LogP contribution in [0.1, 0.15) is 6.92 Å². The second-order valence-corrected chi connectivity index (χ2v) is 5.98. The summed E-state index contributed by atoms with van der Waals surface area (Å²) in [5.74, 6) is 0.358. The van der Waals surface area contributed by atoms with E-state index in [0.717, 1.165) is 0 Å². The maximum Gasteiger partial charge on any atom is 0.387 e. The van der Waals surface area contributed by atoms with Gasteiger partial charge < -0.3 is 25.0 Å². The van der Waals surface area contributed by atoms with E-state index in [1.54, 1.807) is 35.2 Å². The summed E-state index contributed by atoms with van der Waals surface area (Å²) in [4.78, 5) is 14.0. The quantitative estimate of drug-likeness (QED) is 0.644. The number of nitrogens with zero attached hydrogens (tertiary/aromatic N) is 1. The van der Waals surface area contributed by atoms with Gasteiger partial charge in [0.15, 0.2) is 5.11 Å². The molecule has 0 saturated heterocycles. The van der Waals surface area contributed by atoms with Crippen LogP contribution < -0.4 is 20.1 Å². The van der Waals surface area contributed by atoms with Gasteiger partial charge in [-0.15, -0.1) is 0 Å². The largest absolute Gasteiger partial charge is 0.495 e. The summed E-state index contributed by atoms with van der Waals surface area (Å²) in [5, 5.41) is 6.10. The first-order valence-corrected chi connectivity index (χ1v) is 8.87. The third-order valence-corrected chi connectivity index (χ3v) is 4.08. The zero-order valence-electron chi connectivity index (χ0n) is 15.4. The Bertz CT molecular complexity index is 803. The number of hydrogen-bond acceptors (Lipinski definition) is 4. The van der Waals surface area contributed by atoms with Gasteiger partial charge in [-0.1, -0.05) is 12.1 Å². The van der Waals surface area contributed by atoms with Crippen molar-refractivity contribution in [2.75, 3.05) is 30.8 Å². The zero-order valence-corrected chi connectivity index (χ0v) is 16.3. The van der Waals surface area contributed by atoms with Gasteiger partial charge in [-0.25, -0.2) is 0 Å². The molecule has 0 spiro atoms. The molecule has 28 heavy (non-hydrogen) atoms. The first-order valence-electron chi connectivity index (χ1n) is 8.46. The van der Waals surface area contributed by atoms with Crippen molar-refractivity contribution in [3.8, 4) is 11.5 Å². The number of nitrogens with one attached hydrogen (secondary N) is 2. The molecule has 0 atom stereocenters. The molecule has 2 aromatic carbocycles. The van der Waals surface area contributed by atoms with E-state index in [1.165, 1.54) is 19.2 Å². The van der Waals surface area contributed by atoms with Crippen LogP contribution in [0.25, 0.3) is 0 Å². The molecule has 0 radical (unpaired) electrons. The smallest absolute Gasteiger partial charge is 0.387 e. The number of rotatable bonds is 8. The van der Waals surface area contributed by atoms with E-state index in [2.05, 4.69) is 15.4 Å². The molecule has 0 aliphatic rings. The van der Waals surface area contributed by atoms with Crippen molar-refractivity contribution in [3.05, 3.63) is 48.5 Å². The number of carbonyl (C=O) groups is 1. The molecule has 150 valence electrons. The molecule has 0 aromatic heterocycles. The van der Waals surface area contributed by atoms with Crippen molar-refractivity contribution in [1.29, 1.82) is 0 Å². The van der Waals surface area contributed by atoms with Crippen LogP contribution in [0.5, 0.6) is 11.5 Å². The van der Waals surface area contributed by atoms with Gasteiger partial charge in [0.25, 0.3) is 0 Å². The van der Waals surface area contributed by atoms with Crippen LogP contribution in [0, 0.1) is 0 Å². The van der Waals surface area contributed by atoms with E-state index in [-0.39, 0.29) is 18.2 Å². The Labute approximate surface area is 167 Å². The van der Waals surface area contributed by atoms with Crippen LogP contribution in [0.2, 0.25) is 0 Å². The predicted octanol–water partition coefficient (Wildman–Crippen LogP) is 3.95. The lowest BCUT2D eigenvalue weighted by molar-refractivity contribution is -0.116. The molecule has 2 N–H and O–H groups in total. The Morgan fingerprint density at radius 3 is 2.43 bits per heavy atom. The van der Waals surface area contributed by atoms with E-state index in [0.29, 0.717) is 28.8 Å². The number of halogens is 2. The number of methoxy groups -OCH3 is 1. The van der Waals surface area contributed by atoms with E-state index in [9.17, 15) is 13.6 Å². The van der Waals surface area contributed by atoms with Crippen molar-refractivity contribution < 1.29 is 23.0 Å². The summed E-state index contributed by atoms with van der Waals surface area (Å²) in [6.07, 6.45) is 0. The van der Waals surface area contributed by atoms with Gasteiger partial charge in [-0.3, -0.25) is 4.79 Å². The van der Waals surface area contributed by atoms with E-state index >= 15 is 0 Å². The number of likely N-dealkylation sites (N-methyl/N-ethyl adjacent to an activating group) is 1. The average molecular weight is 409 g/mol. The number of hydrogen-bond donors (Lipinski definition) is 2. The van der Waals surface area contributed by atoms with Crippen LogP contribution in [-0.2, 0) is 4.79 Å². The van der Waals surface area contributed by atoms with Crippen molar-refractivity contribution in [2.24, 2.45) is 0 Å². The van der Waals surface area contributed by atoms with Crippen LogP contribution in [0.4, 0.5) is 20.2 Å². The normalized spacial score (nSPS) is 10.3. The lowest BCUT2D eigenvalue weighted by atomic mass is 10.3. The number of para-hydroxylation sites is 2. The lowest BCUT2D eigenvalue weighted by Gasteiger charge is -2.24. The molecular formula is C19H21F2N3O3S. The summed E-state index contributed by atoms with van der Waals surface area (Å²) in [5.41, 5.74) is 1.16. The first kappa shape index (κ1) is 21.4. The standard InChI is InChI=1S/C19H21F2N3O3S/c1-3-24(12-17(25)23-15-6-4-5-7-16(15)26-2)19(28)22-13-8-10-14(11-9-13)27-18(20)21/h4-11,18H,3,12H2,1-2H3,(H,22,28)(H,23,25). The molecule has 9 heteroatoms. The van der Waals surface area contributed by atoms with Crippen molar-refractivity contribution >= 4 is 34.6 Å². The molecule has 0 bridgehead atoms. The highest BCUT2D eigenvalue weighted by Crippen LogP contribution is 2.23. The maximum absolute atomic E-state index is 12.4. The van der Waals surface area contributed by atoms with Gasteiger partial charge in [0.2, 0.25) is 5.91 Å². The summed E-state index contributed by atoms with van der Waals surface area (Å²) in [6.45, 7) is -0.480. The van der Waals surface area contributed by atoms with Crippen LogP contribution >= 0.6 is 12.2 Å². The molecule has 6 nitrogen and oxygen atoms in total. The van der Waals surface area contributed by atoms with Gasteiger partial charge in [0.05, 0.1) is 19.3 Å². The molecule has 0 fully saturated rings. The minimum atomic E-state index is -2.88. The van der Waals surface area contributed by atoms with Gasteiger partial charge in [-0.05, 0) is 55.5 Å². The predicted molar refractivity (Wildman–Crippen MR) is 108 cm³/mol. The highest BCUT2D eigenvalue weighted by atomic mass is 32.1. The topological polar surface area (TPSA) is 62.8 Å². The van der Waals surface area contributed by atoms with Crippen molar-refractivity contribution in [1.82, 2.24) is 4.90 Å². The summed E-state index contributed by atoms with van der Waals surface area (Å²) in [6, 6.07) is 13.0. The first-order chi connectivity index (χ1) is 13.4. The zero-order chi connectivity index (χ0) is 20.5. The molecule has 0 saturated carbocycles. The summed E-state index contributed by atoms with van der Waals surface area (Å²) >= 11 is 5.35. The lowest BCUT2D eigenvalue weighted by Crippen LogP contribution is -2.40. The highest BCUT2D eigenvalue weighted by molar-refractivity contribution is 7.80. The number of alkyl halides is 2. The van der Waals surface area contributed by atoms with E-state index in [4.69, 9.17) is 17.0 Å². The van der Waals surface area contributed by atoms with Crippen LogP contribution in [0.15, 0.2) is 48.5 Å². The third-order valence-electron chi connectivity index (χ3n) is 3.72. The minimum Gasteiger partial charge on any atom is -0.495 e. The third kappa shape index (κ3) is 6.34. The van der Waals surface area contributed by atoms with Gasteiger partial charge >= 0.3 is 6.61 Å². The average Bonchev–Trinajstić information content (AvgIpc) is 2.67. The van der Waals surface area contributed by atoms with Crippen LogP contribution in [0.3, 0.4) is 0 Å². The number of anilines is 2. The second kappa shape index (κ2) is 10.4. The Morgan fingerprint density at radius 1 is 1.14 bits per heavy atom. The van der Waals surface area contributed by atoms with E-state index < -0.39 is 6.61 Å². The molecule has 2 rings (SSSR count). The fourth-order valence-electron chi connectivity index (χ4n) is 2.36. The Balaban J connectivity index is 1.94. The Hall–Kier alpha value is -2.94. The van der Waals surface area contributed by atoms with Gasteiger partial charge in [0, 0.05) is 12.2 Å². The molecule has 0 aliphatic heterocycles. The minimum absolute atomic E-state index is 0.0347. The number of carbonyl (C=O) groups excluding carboxylic acids is 1. The molecular weight excluding hydrogens is 388 g/mol. The number of ether oxygens (including phenoxy) is 2. The summed E-state index contributed by atoms with van der Waals surface area (Å²) in [7, 11) is 1.53. The maximum atomic E-state index is 12.4. The van der Waals surface area contributed by atoms with Gasteiger partial charge in [-0.2, -0.15) is 8.78 Å². The second-order valence-electron chi connectivity index (χ2n) is 5.60. The number of benzene rings is 2. The SMILES string of the molecule is CCN(CC(=O)Nc1ccccc1OC)C(=S)Nc1ccc(OC(F)F)cc1. The molecule has 0 aliphatic carbocycles. The fraction of sp³-hybridized carbons (Fsp3) is 0.263. The number of thiocarbonyl (C=S) groups is 1. The number of amides is 1. The summed E-state index contributed by atoms with van der Waals surface area (Å²) < 4.78 is 33.9. The van der Waals surface area contributed by atoms with Crippen molar-refractivity contribution in [3.63, 3.8) is 0 Å². The fourth-order valence-corrected chi connectivity index (χ4v) is 2.67. The molecule has 1 amide bonds. The highest BCUT2D eigenvalue weighted by Gasteiger charge is 2.14. The molecule has 0 unspecified atom stereocenters.